The van der Waals surface area contributed by atoms with E-state index < -0.39 is 0 Å². The van der Waals surface area contributed by atoms with Gasteiger partial charge in [0.1, 0.15) is 6.33 Å². The van der Waals surface area contributed by atoms with Crippen LogP contribution in [0.2, 0.25) is 0 Å². The third-order valence-electron chi connectivity index (χ3n) is 3.31. The minimum atomic E-state index is 0.574. The summed E-state index contributed by atoms with van der Waals surface area (Å²) in [6.07, 6.45) is 6.34. The van der Waals surface area contributed by atoms with Gasteiger partial charge in [-0.15, -0.1) is 0 Å². The molecular formula is C14H23N7. The number of anilines is 2. The fourth-order valence-corrected chi connectivity index (χ4v) is 1.93. The van der Waals surface area contributed by atoms with E-state index >= 15 is 0 Å². The molecule has 0 aromatic carbocycles. The van der Waals surface area contributed by atoms with Crippen molar-refractivity contribution in [3.63, 3.8) is 0 Å². The predicted octanol–water partition coefficient (Wildman–Crippen LogP) is 1.97. The van der Waals surface area contributed by atoms with Crippen LogP contribution in [0.5, 0.6) is 0 Å². The molecule has 114 valence electrons. The number of aromatic nitrogens is 5. The first kappa shape index (κ1) is 15.2. The molecule has 0 aliphatic rings. The lowest BCUT2D eigenvalue weighted by molar-refractivity contribution is 0.554. The molecule has 2 aromatic rings. The van der Waals surface area contributed by atoms with Crippen molar-refractivity contribution in [2.24, 2.45) is 5.92 Å². The highest BCUT2D eigenvalue weighted by molar-refractivity contribution is 5.39. The lowest BCUT2D eigenvalue weighted by Gasteiger charge is -2.21. The van der Waals surface area contributed by atoms with Gasteiger partial charge in [0.25, 0.3) is 0 Å². The van der Waals surface area contributed by atoms with Gasteiger partial charge in [0, 0.05) is 32.5 Å². The lowest BCUT2D eigenvalue weighted by Crippen LogP contribution is -2.26. The monoisotopic (exact) mass is 289 g/mol. The van der Waals surface area contributed by atoms with Gasteiger partial charge in [-0.2, -0.15) is 15.0 Å². The normalized spacial score (nSPS) is 12.2. The third-order valence-corrected chi connectivity index (χ3v) is 3.31. The molecule has 0 radical (unpaired) electrons. The van der Waals surface area contributed by atoms with Crippen molar-refractivity contribution in [2.75, 3.05) is 30.4 Å². The first-order valence-corrected chi connectivity index (χ1v) is 7.33. The number of hydrogen-bond donors (Lipinski definition) is 1. The maximum Gasteiger partial charge on any atom is 0.241 e. The molecule has 0 aliphatic carbocycles. The first-order valence-electron chi connectivity index (χ1n) is 7.33. The summed E-state index contributed by atoms with van der Waals surface area (Å²) in [6.45, 7) is 8.10. The van der Waals surface area contributed by atoms with Gasteiger partial charge in [0.2, 0.25) is 17.8 Å². The Morgan fingerprint density at radius 1 is 1.29 bits per heavy atom. The van der Waals surface area contributed by atoms with E-state index in [2.05, 4.69) is 44.0 Å². The van der Waals surface area contributed by atoms with Crippen LogP contribution >= 0.6 is 0 Å². The van der Waals surface area contributed by atoms with Crippen LogP contribution in [0.4, 0.5) is 11.9 Å². The molecule has 7 heteroatoms. The standard InChI is InChI=1S/C14H23N7/c1-5-11(3)9-20(4)13-17-12(16-6-2)18-14(19-13)21-8-7-15-10-21/h7-8,10-11H,5-6,9H2,1-4H3,(H,16,17,18,19). The van der Waals surface area contributed by atoms with Gasteiger partial charge >= 0.3 is 0 Å². The Morgan fingerprint density at radius 2 is 2.10 bits per heavy atom. The summed E-state index contributed by atoms with van der Waals surface area (Å²) in [5.41, 5.74) is 0. The summed E-state index contributed by atoms with van der Waals surface area (Å²) in [4.78, 5) is 19.5. The van der Waals surface area contributed by atoms with Gasteiger partial charge in [-0.1, -0.05) is 20.3 Å². The summed E-state index contributed by atoms with van der Waals surface area (Å²) >= 11 is 0. The average Bonchev–Trinajstić information content (AvgIpc) is 3.01. The molecule has 21 heavy (non-hydrogen) atoms. The van der Waals surface area contributed by atoms with Crippen molar-refractivity contribution in [3.8, 4) is 5.95 Å². The van der Waals surface area contributed by atoms with Crippen molar-refractivity contribution in [3.05, 3.63) is 18.7 Å². The lowest BCUT2D eigenvalue weighted by atomic mass is 10.1. The summed E-state index contributed by atoms with van der Waals surface area (Å²) in [6, 6.07) is 0. The molecule has 2 heterocycles. The van der Waals surface area contributed by atoms with Gasteiger partial charge in [-0.25, -0.2) is 4.98 Å². The van der Waals surface area contributed by atoms with Crippen LogP contribution < -0.4 is 10.2 Å². The highest BCUT2D eigenvalue weighted by Gasteiger charge is 2.13. The Balaban J connectivity index is 2.31. The van der Waals surface area contributed by atoms with E-state index in [-0.39, 0.29) is 0 Å². The molecule has 1 unspecified atom stereocenters. The molecule has 2 rings (SSSR count). The van der Waals surface area contributed by atoms with Crippen LogP contribution in [0.25, 0.3) is 5.95 Å². The maximum atomic E-state index is 4.53. The van der Waals surface area contributed by atoms with E-state index in [4.69, 9.17) is 0 Å². The van der Waals surface area contributed by atoms with E-state index in [9.17, 15) is 0 Å². The predicted molar refractivity (Wildman–Crippen MR) is 83.8 cm³/mol. The fraction of sp³-hybridized carbons (Fsp3) is 0.571. The number of hydrogen-bond acceptors (Lipinski definition) is 6. The quantitative estimate of drug-likeness (QED) is 0.840. The molecule has 1 N–H and O–H groups in total. The Morgan fingerprint density at radius 3 is 2.71 bits per heavy atom. The first-order chi connectivity index (χ1) is 10.1. The molecule has 1 atom stereocenters. The third kappa shape index (κ3) is 3.90. The van der Waals surface area contributed by atoms with Gasteiger partial charge in [0.05, 0.1) is 0 Å². The SMILES string of the molecule is CCNc1nc(N(C)CC(C)CC)nc(-n2ccnc2)n1. The van der Waals surface area contributed by atoms with Gasteiger partial charge in [-0.3, -0.25) is 4.57 Å². The van der Waals surface area contributed by atoms with Gasteiger partial charge in [-0.05, 0) is 12.8 Å². The molecular weight excluding hydrogens is 266 g/mol. The number of rotatable bonds is 7. The van der Waals surface area contributed by atoms with Gasteiger partial charge in [0.15, 0.2) is 0 Å². The minimum absolute atomic E-state index is 0.574. The van der Waals surface area contributed by atoms with Crippen molar-refractivity contribution in [1.29, 1.82) is 0 Å². The van der Waals surface area contributed by atoms with Crippen LogP contribution in [0.3, 0.4) is 0 Å². The van der Waals surface area contributed by atoms with Crippen molar-refractivity contribution >= 4 is 11.9 Å². The summed E-state index contributed by atoms with van der Waals surface area (Å²) in [5, 5.41) is 3.15. The molecule has 7 nitrogen and oxygen atoms in total. The highest BCUT2D eigenvalue weighted by atomic mass is 15.3. The summed E-state index contributed by atoms with van der Waals surface area (Å²) < 4.78 is 1.78. The van der Waals surface area contributed by atoms with Crippen LogP contribution in [-0.2, 0) is 0 Å². The molecule has 2 aromatic heterocycles. The van der Waals surface area contributed by atoms with Crippen LogP contribution in [0.15, 0.2) is 18.7 Å². The topological polar surface area (TPSA) is 71.8 Å². The second kappa shape index (κ2) is 7.01. The largest absolute Gasteiger partial charge is 0.354 e. The molecule has 0 saturated carbocycles. The highest BCUT2D eigenvalue weighted by Crippen LogP contribution is 2.14. The van der Waals surface area contributed by atoms with Crippen molar-refractivity contribution < 1.29 is 0 Å². The van der Waals surface area contributed by atoms with E-state index in [1.165, 1.54) is 0 Å². The zero-order chi connectivity index (χ0) is 15.2. The summed E-state index contributed by atoms with van der Waals surface area (Å²) in [7, 11) is 2.01. The minimum Gasteiger partial charge on any atom is -0.354 e. The molecule has 0 saturated heterocycles. The average molecular weight is 289 g/mol. The molecule has 0 aliphatic heterocycles. The number of nitrogens with one attached hydrogen (secondary N) is 1. The second-order valence-corrected chi connectivity index (χ2v) is 5.15. The fourth-order valence-electron chi connectivity index (χ4n) is 1.93. The Bertz CT molecular complexity index is 552. The molecule has 0 fully saturated rings. The second-order valence-electron chi connectivity index (χ2n) is 5.15. The van der Waals surface area contributed by atoms with Crippen LogP contribution in [0.1, 0.15) is 27.2 Å². The zero-order valence-electron chi connectivity index (χ0n) is 13.1. The Hall–Kier alpha value is -2.18. The Labute approximate surface area is 125 Å². The maximum absolute atomic E-state index is 4.53. The summed E-state index contributed by atoms with van der Waals surface area (Å²) in [5.74, 6) is 2.42. The van der Waals surface area contributed by atoms with E-state index in [1.807, 2.05) is 20.2 Å². The number of imidazole rings is 1. The zero-order valence-corrected chi connectivity index (χ0v) is 13.1. The van der Waals surface area contributed by atoms with Crippen molar-refractivity contribution in [1.82, 2.24) is 24.5 Å². The van der Waals surface area contributed by atoms with Gasteiger partial charge < -0.3 is 10.2 Å². The van der Waals surface area contributed by atoms with Crippen molar-refractivity contribution in [2.45, 2.75) is 27.2 Å². The van der Waals surface area contributed by atoms with Crippen LogP contribution in [-0.4, -0.2) is 44.6 Å². The van der Waals surface area contributed by atoms with E-state index in [0.717, 1.165) is 19.5 Å². The molecule has 0 bridgehead atoms. The van der Waals surface area contributed by atoms with Crippen LogP contribution in [0, 0.1) is 5.92 Å². The Kier molecular flexibility index (Phi) is 5.08. The van der Waals surface area contributed by atoms with E-state index in [0.29, 0.717) is 23.8 Å². The van der Waals surface area contributed by atoms with E-state index in [1.54, 1.807) is 17.1 Å². The smallest absolute Gasteiger partial charge is 0.241 e. The molecule has 0 amide bonds. The molecule has 0 spiro atoms. The number of nitrogens with zero attached hydrogens (tertiary/aromatic N) is 6.